The van der Waals surface area contributed by atoms with E-state index in [2.05, 4.69) is 20.8 Å². The molecule has 0 fully saturated rings. The van der Waals surface area contributed by atoms with E-state index in [1.165, 1.54) is 48.5 Å². The number of aromatic hydroxyl groups is 1. The third-order valence-electron chi connectivity index (χ3n) is 4.68. The maximum atomic E-state index is 13.5. The fourth-order valence-electron chi connectivity index (χ4n) is 2.84. The molecule has 0 amide bonds. The molecule has 0 heterocycles. The average Bonchev–Trinajstić information content (AvgIpc) is 2.99. The Hall–Kier alpha value is 1.76. The number of alkyl halides is 1. The van der Waals surface area contributed by atoms with E-state index in [1.807, 2.05) is 67.8 Å². The summed E-state index contributed by atoms with van der Waals surface area (Å²) in [5.74, 6) is -2.57. The maximum Gasteiger partial charge on any atom is 1.00 e. The molecular formula is C29H21BrF6I4K2O7. The molecule has 0 atom stereocenters. The molecule has 0 radical (unpaired) electrons. The van der Waals surface area contributed by atoms with Crippen molar-refractivity contribution in [3.63, 3.8) is 0 Å². The number of carbonyl (C=O) groups excluding carboxylic acids is 1. The van der Waals surface area contributed by atoms with Crippen molar-refractivity contribution in [3.05, 3.63) is 110 Å². The Labute approximate surface area is 427 Å². The van der Waals surface area contributed by atoms with Gasteiger partial charge in [-0.1, -0.05) is 15.9 Å². The summed E-state index contributed by atoms with van der Waals surface area (Å²) in [6, 6.07) is 12.0. The van der Waals surface area contributed by atoms with Gasteiger partial charge >= 0.3 is 103 Å². The van der Waals surface area contributed by atoms with Crippen molar-refractivity contribution >= 4 is 113 Å². The number of rotatable bonds is 9. The van der Waals surface area contributed by atoms with Crippen molar-refractivity contribution in [1.82, 2.24) is 0 Å². The molecule has 0 bridgehead atoms. The minimum Gasteiger partial charge on any atom is -1.00 e. The van der Waals surface area contributed by atoms with Crippen LogP contribution >= 0.6 is 106 Å². The van der Waals surface area contributed by atoms with Crippen LogP contribution in [0.2, 0.25) is 0 Å². The van der Waals surface area contributed by atoms with Gasteiger partial charge in [0, 0.05) is 17.5 Å². The van der Waals surface area contributed by atoms with Gasteiger partial charge in [-0.15, -0.1) is 0 Å². The van der Waals surface area contributed by atoms with Crippen LogP contribution in [0.3, 0.4) is 0 Å². The minimum absolute atomic E-state index is 0. The molecule has 4 aromatic rings. The molecule has 258 valence electrons. The van der Waals surface area contributed by atoms with Gasteiger partial charge in [-0.25, -0.2) is 26.3 Å². The molecule has 0 unspecified atom stereocenters. The van der Waals surface area contributed by atoms with Gasteiger partial charge in [0.05, 0.1) is 20.9 Å². The van der Waals surface area contributed by atoms with Crippen LogP contribution in [0.15, 0.2) is 60.7 Å². The number of phenols is 1. The number of halogens is 11. The van der Waals surface area contributed by atoms with Gasteiger partial charge < -0.3 is 30.9 Å². The van der Waals surface area contributed by atoms with Crippen LogP contribution in [0.1, 0.15) is 1.43 Å². The van der Waals surface area contributed by atoms with Crippen LogP contribution in [-0.4, -0.2) is 36.7 Å². The maximum absolute atomic E-state index is 13.5. The number of carbonyl (C=O) groups is 1. The predicted octanol–water partition coefficient (Wildman–Crippen LogP) is 2.81. The fraction of sp³-hybridized carbons (Fsp3) is 0.138. The van der Waals surface area contributed by atoms with E-state index in [1.54, 1.807) is 22.6 Å². The SMILES string of the molecule is Fc1cc(F)c(OCCBr)c(I)c1.Fc1ccc(OCCOc2c(F)cc(F)cc2I)c(I)c1.O=CO[O-].Oc1ccc(F)cc1I.[H-].[K+].[K+]. The van der Waals surface area contributed by atoms with E-state index >= 15 is 0 Å². The van der Waals surface area contributed by atoms with Crippen molar-refractivity contribution in [2.24, 2.45) is 0 Å². The second-order valence-electron chi connectivity index (χ2n) is 7.99. The fourth-order valence-corrected chi connectivity index (χ4v) is 5.54. The molecule has 4 aromatic carbocycles. The minimum atomic E-state index is -0.754. The van der Waals surface area contributed by atoms with Crippen LogP contribution in [0.4, 0.5) is 26.3 Å². The van der Waals surface area contributed by atoms with Gasteiger partial charge in [0.2, 0.25) is 0 Å². The number of ether oxygens (including phenoxy) is 3. The first kappa shape index (κ1) is 52.9. The first-order valence-electron chi connectivity index (χ1n) is 12.3. The van der Waals surface area contributed by atoms with E-state index in [9.17, 15) is 26.3 Å². The van der Waals surface area contributed by atoms with Crippen LogP contribution in [0.25, 0.3) is 0 Å². The van der Waals surface area contributed by atoms with E-state index < -0.39 is 23.3 Å². The first-order valence-corrected chi connectivity index (χ1v) is 17.7. The summed E-state index contributed by atoms with van der Waals surface area (Å²) in [5, 5.41) is 17.9. The summed E-state index contributed by atoms with van der Waals surface area (Å²) in [6.07, 6.45) is 0. The van der Waals surface area contributed by atoms with Gasteiger partial charge in [-0.05, 0) is 139 Å². The number of phenolic OH excluding ortho intramolecular Hbond substituents is 1. The predicted molar refractivity (Wildman–Crippen MR) is 197 cm³/mol. The normalized spacial score (nSPS) is 9.39. The largest absolute Gasteiger partial charge is 1.00 e. The molecule has 7 nitrogen and oxygen atoms in total. The Morgan fingerprint density at radius 1 is 0.653 bits per heavy atom. The molecule has 1 N–H and O–H groups in total. The quantitative estimate of drug-likeness (QED) is 0.0403. The van der Waals surface area contributed by atoms with Crippen molar-refractivity contribution in [1.29, 1.82) is 0 Å². The average molecular weight is 1260 g/mol. The van der Waals surface area contributed by atoms with E-state index in [0.29, 0.717) is 32.0 Å². The second-order valence-corrected chi connectivity index (χ2v) is 13.4. The zero-order valence-corrected chi connectivity index (χ0v) is 41.7. The Morgan fingerprint density at radius 2 is 1.06 bits per heavy atom. The standard InChI is InChI=1S/C14H9F3I2O2.C8H6BrF2IO.C6H4FIO.CH2O3.2K.H/c15-8-1-2-13(11(18)6-8)20-3-4-21-14-10(17)5-9(16)7-12(14)19;9-1-2-13-8-6(11)3-5(10)4-7(8)12;7-4-1-2-6(9)5(8)3-4;2-1-4-3;;;/h1-2,5-7H,3-4H2;3-4H,1-2H2;1-3,9H;1,3H;;;/q;;;;2*+1;-1/p-1. The van der Waals surface area contributed by atoms with Crippen molar-refractivity contribution in [2.75, 3.05) is 25.2 Å². The topological polar surface area (TPSA) is 97.3 Å². The molecule has 0 aromatic heterocycles. The molecular weight excluding hydrogens is 1240 g/mol. The first-order chi connectivity index (χ1) is 22.2. The van der Waals surface area contributed by atoms with Crippen molar-refractivity contribution in [3.8, 4) is 23.0 Å². The van der Waals surface area contributed by atoms with Crippen LogP contribution in [0.5, 0.6) is 23.0 Å². The Bertz CT molecular complexity index is 1560. The number of hydrogen-bond donors (Lipinski definition) is 1. The molecule has 0 saturated carbocycles. The van der Waals surface area contributed by atoms with Gasteiger partial charge in [-0.3, -0.25) is 4.79 Å². The molecule has 0 aliphatic carbocycles. The molecule has 0 aliphatic heterocycles. The summed E-state index contributed by atoms with van der Waals surface area (Å²) in [7, 11) is 0. The molecule has 49 heavy (non-hydrogen) atoms. The van der Waals surface area contributed by atoms with Crippen LogP contribution < -0.4 is 122 Å². The van der Waals surface area contributed by atoms with Crippen LogP contribution in [0, 0.1) is 49.2 Å². The van der Waals surface area contributed by atoms with Crippen LogP contribution in [-0.2, 0) is 9.68 Å². The Morgan fingerprint density at radius 3 is 1.45 bits per heavy atom. The smallest absolute Gasteiger partial charge is 1.00 e. The van der Waals surface area contributed by atoms with E-state index in [0.717, 1.165) is 12.1 Å². The third kappa shape index (κ3) is 22.0. The Kier molecular flexibility index (Phi) is 32.4. The number of benzene rings is 4. The van der Waals surface area contributed by atoms with E-state index in [-0.39, 0.29) is 153 Å². The molecule has 20 heteroatoms. The summed E-state index contributed by atoms with van der Waals surface area (Å²) in [5.41, 5.74) is 0. The summed E-state index contributed by atoms with van der Waals surface area (Å²) >= 11 is 10.6. The molecule has 0 saturated heterocycles. The number of hydrogen-bond acceptors (Lipinski definition) is 7. The monoisotopic (exact) mass is 1260 g/mol. The second kappa shape index (κ2) is 30.0. The van der Waals surface area contributed by atoms with E-state index in [4.69, 9.17) is 29.4 Å². The van der Waals surface area contributed by atoms with Gasteiger partial charge in [-0.2, -0.15) is 0 Å². The van der Waals surface area contributed by atoms with Gasteiger partial charge in [0.1, 0.15) is 48.0 Å². The summed E-state index contributed by atoms with van der Waals surface area (Å²) < 4.78 is 95.0. The van der Waals surface area contributed by atoms with Gasteiger partial charge in [0.25, 0.3) is 6.47 Å². The zero-order chi connectivity index (χ0) is 35.5. The Balaban J connectivity index is -0.000000656. The summed E-state index contributed by atoms with van der Waals surface area (Å²) in [6.45, 7) is 0.430. The summed E-state index contributed by atoms with van der Waals surface area (Å²) in [4.78, 5) is 11.2. The van der Waals surface area contributed by atoms with Crippen molar-refractivity contribution in [2.45, 2.75) is 0 Å². The van der Waals surface area contributed by atoms with Crippen molar-refractivity contribution < 1.29 is 165 Å². The molecule has 4 rings (SSSR count). The third-order valence-corrected chi connectivity index (χ3v) is 8.31. The molecule has 0 aliphatic rings. The zero-order valence-electron chi connectivity index (χ0n) is 26.2. The molecule has 0 spiro atoms. The van der Waals surface area contributed by atoms with Gasteiger partial charge in [0.15, 0.2) is 23.1 Å².